The summed E-state index contributed by atoms with van der Waals surface area (Å²) in [5, 5.41) is 0. The lowest BCUT2D eigenvalue weighted by atomic mass is 10.1. The molecule has 0 N–H and O–H groups in total. The molecule has 5 heteroatoms. The predicted octanol–water partition coefficient (Wildman–Crippen LogP) is 1.47. The van der Waals surface area contributed by atoms with E-state index in [4.69, 9.17) is 0 Å². The van der Waals surface area contributed by atoms with E-state index in [0.717, 1.165) is 32.7 Å². The van der Waals surface area contributed by atoms with E-state index in [1.807, 2.05) is 18.6 Å². The van der Waals surface area contributed by atoms with Gasteiger partial charge in [0.15, 0.2) is 0 Å². The van der Waals surface area contributed by atoms with E-state index >= 15 is 0 Å². The van der Waals surface area contributed by atoms with Crippen LogP contribution in [0, 0.1) is 5.92 Å². The van der Waals surface area contributed by atoms with Crippen LogP contribution in [0.25, 0.3) is 0 Å². The topological polar surface area (TPSA) is 37.2 Å². The number of nitrogens with zero attached hydrogens (tertiary/aromatic N) is 5. The van der Waals surface area contributed by atoms with Crippen LogP contribution in [0.4, 0.5) is 0 Å². The van der Waals surface area contributed by atoms with Gasteiger partial charge in [0, 0.05) is 56.9 Å². The second-order valence-electron chi connectivity index (χ2n) is 6.15. The molecule has 2 aromatic heterocycles. The summed E-state index contributed by atoms with van der Waals surface area (Å²) in [6, 6.07) is 4.19. The number of aromatic nitrogens is 3. The molecule has 1 aliphatic heterocycles. The van der Waals surface area contributed by atoms with Gasteiger partial charge in [0.1, 0.15) is 5.82 Å². The Labute approximate surface area is 126 Å². The standard InChI is InChI=1S/C16H23N5/c1-19(2)9-15-11-20(10-14-3-5-17-6-4-14)13-16-18-7-8-21(16)12-15/h3-8,15H,9-13H2,1-2H3/t15-/m1/s1. The summed E-state index contributed by atoms with van der Waals surface area (Å²) >= 11 is 0. The first-order valence-electron chi connectivity index (χ1n) is 7.46. The molecule has 0 unspecified atom stereocenters. The second-order valence-corrected chi connectivity index (χ2v) is 6.15. The van der Waals surface area contributed by atoms with E-state index in [9.17, 15) is 0 Å². The van der Waals surface area contributed by atoms with E-state index in [1.165, 1.54) is 11.4 Å². The molecule has 0 fully saturated rings. The Bertz CT molecular complexity index is 563. The molecular formula is C16H23N5. The molecule has 0 saturated heterocycles. The molecule has 0 aromatic carbocycles. The largest absolute Gasteiger partial charge is 0.333 e. The zero-order chi connectivity index (χ0) is 14.7. The van der Waals surface area contributed by atoms with Crippen molar-refractivity contribution in [3.8, 4) is 0 Å². The van der Waals surface area contributed by atoms with Crippen LogP contribution in [-0.4, -0.2) is 51.5 Å². The summed E-state index contributed by atoms with van der Waals surface area (Å²) in [7, 11) is 4.29. The molecule has 0 aliphatic carbocycles. The third-order valence-corrected chi connectivity index (χ3v) is 3.92. The monoisotopic (exact) mass is 285 g/mol. The molecule has 3 heterocycles. The minimum atomic E-state index is 0.622. The Morgan fingerprint density at radius 2 is 2.00 bits per heavy atom. The van der Waals surface area contributed by atoms with E-state index in [0.29, 0.717) is 5.92 Å². The third-order valence-electron chi connectivity index (χ3n) is 3.92. The van der Waals surface area contributed by atoms with Crippen LogP contribution in [0.15, 0.2) is 36.9 Å². The Hall–Kier alpha value is -1.72. The summed E-state index contributed by atoms with van der Waals surface area (Å²) in [5.74, 6) is 1.79. The molecule has 0 saturated carbocycles. The highest BCUT2D eigenvalue weighted by atomic mass is 15.2. The molecule has 112 valence electrons. The first kappa shape index (κ1) is 14.2. The maximum Gasteiger partial charge on any atom is 0.122 e. The van der Waals surface area contributed by atoms with Gasteiger partial charge in [0.2, 0.25) is 0 Å². The van der Waals surface area contributed by atoms with Crippen LogP contribution < -0.4 is 0 Å². The lowest BCUT2D eigenvalue weighted by Gasteiger charge is -2.25. The van der Waals surface area contributed by atoms with Crippen molar-refractivity contribution in [2.45, 2.75) is 19.6 Å². The zero-order valence-electron chi connectivity index (χ0n) is 12.8. The minimum absolute atomic E-state index is 0.622. The molecule has 0 spiro atoms. The molecule has 0 bridgehead atoms. The van der Waals surface area contributed by atoms with Crippen molar-refractivity contribution in [2.24, 2.45) is 5.92 Å². The molecule has 3 rings (SSSR count). The number of pyridine rings is 1. The highest BCUT2D eigenvalue weighted by Gasteiger charge is 2.22. The Morgan fingerprint density at radius 3 is 2.76 bits per heavy atom. The molecule has 2 aromatic rings. The van der Waals surface area contributed by atoms with Gasteiger partial charge in [-0.1, -0.05) is 0 Å². The fraction of sp³-hybridized carbons (Fsp3) is 0.500. The van der Waals surface area contributed by atoms with Crippen molar-refractivity contribution in [1.82, 2.24) is 24.3 Å². The van der Waals surface area contributed by atoms with Crippen molar-refractivity contribution in [3.63, 3.8) is 0 Å². The van der Waals surface area contributed by atoms with E-state index in [1.54, 1.807) is 0 Å². The number of imidazole rings is 1. The Morgan fingerprint density at radius 1 is 1.19 bits per heavy atom. The lowest BCUT2D eigenvalue weighted by molar-refractivity contribution is 0.194. The van der Waals surface area contributed by atoms with Gasteiger partial charge < -0.3 is 9.47 Å². The van der Waals surface area contributed by atoms with Gasteiger partial charge in [-0.05, 0) is 31.8 Å². The van der Waals surface area contributed by atoms with Gasteiger partial charge in [0.05, 0.1) is 6.54 Å². The van der Waals surface area contributed by atoms with Crippen LogP contribution >= 0.6 is 0 Å². The second kappa shape index (κ2) is 6.37. The predicted molar refractivity (Wildman–Crippen MR) is 82.6 cm³/mol. The smallest absolute Gasteiger partial charge is 0.122 e. The average molecular weight is 285 g/mol. The normalized spacial score (nSPS) is 19.5. The van der Waals surface area contributed by atoms with Crippen LogP contribution in [0.5, 0.6) is 0 Å². The Kier molecular flexibility index (Phi) is 4.31. The number of rotatable bonds is 4. The van der Waals surface area contributed by atoms with Gasteiger partial charge in [-0.3, -0.25) is 9.88 Å². The van der Waals surface area contributed by atoms with Gasteiger partial charge >= 0.3 is 0 Å². The third kappa shape index (κ3) is 3.68. The van der Waals surface area contributed by atoms with E-state index in [2.05, 4.69) is 56.8 Å². The minimum Gasteiger partial charge on any atom is -0.333 e. The quantitative estimate of drug-likeness (QED) is 0.852. The Balaban J connectivity index is 1.76. The van der Waals surface area contributed by atoms with Crippen LogP contribution in [0.3, 0.4) is 0 Å². The van der Waals surface area contributed by atoms with Crippen LogP contribution in [0.2, 0.25) is 0 Å². The van der Waals surface area contributed by atoms with Crippen molar-refractivity contribution in [1.29, 1.82) is 0 Å². The molecule has 5 nitrogen and oxygen atoms in total. The molecule has 0 amide bonds. The number of fused-ring (bicyclic) bond motifs is 1. The fourth-order valence-corrected chi connectivity index (χ4v) is 3.12. The maximum atomic E-state index is 4.52. The van der Waals surface area contributed by atoms with E-state index in [-0.39, 0.29) is 0 Å². The molecule has 1 aliphatic rings. The lowest BCUT2D eigenvalue weighted by Crippen LogP contribution is -2.33. The van der Waals surface area contributed by atoms with Gasteiger partial charge in [-0.15, -0.1) is 0 Å². The van der Waals surface area contributed by atoms with Gasteiger partial charge in [-0.2, -0.15) is 0 Å². The summed E-state index contributed by atoms with van der Waals surface area (Å²) in [6.45, 7) is 5.13. The van der Waals surface area contributed by atoms with Crippen molar-refractivity contribution >= 4 is 0 Å². The van der Waals surface area contributed by atoms with Gasteiger partial charge in [-0.25, -0.2) is 4.98 Å². The summed E-state index contributed by atoms with van der Waals surface area (Å²) in [6.07, 6.45) is 7.75. The average Bonchev–Trinajstić information content (AvgIpc) is 2.80. The SMILES string of the molecule is CN(C)C[C@@H]1CN(Cc2ccncc2)Cc2nccn2C1. The zero-order valence-corrected chi connectivity index (χ0v) is 12.8. The van der Waals surface area contributed by atoms with Crippen LogP contribution in [0.1, 0.15) is 11.4 Å². The first-order chi connectivity index (χ1) is 10.2. The highest BCUT2D eigenvalue weighted by molar-refractivity contribution is 5.10. The molecule has 21 heavy (non-hydrogen) atoms. The molecular weight excluding hydrogens is 262 g/mol. The number of hydrogen-bond donors (Lipinski definition) is 0. The maximum absolute atomic E-state index is 4.52. The highest BCUT2D eigenvalue weighted by Crippen LogP contribution is 2.18. The van der Waals surface area contributed by atoms with Crippen LogP contribution in [-0.2, 0) is 19.6 Å². The summed E-state index contributed by atoms with van der Waals surface area (Å²) in [5.41, 5.74) is 1.31. The van der Waals surface area contributed by atoms with Gasteiger partial charge in [0.25, 0.3) is 0 Å². The van der Waals surface area contributed by atoms with Crippen molar-refractivity contribution in [3.05, 3.63) is 48.3 Å². The molecule has 1 atom stereocenters. The number of hydrogen-bond acceptors (Lipinski definition) is 4. The fourth-order valence-electron chi connectivity index (χ4n) is 3.12. The summed E-state index contributed by atoms with van der Waals surface area (Å²) < 4.78 is 2.31. The van der Waals surface area contributed by atoms with E-state index < -0.39 is 0 Å². The van der Waals surface area contributed by atoms with Crippen molar-refractivity contribution in [2.75, 3.05) is 27.2 Å². The first-order valence-corrected chi connectivity index (χ1v) is 7.46. The van der Waals surface area contributed by atoms with Crippen molar-refractivity contribution < 1.29 is 0 Å². The molecule has 0 radical (unpaired) electrons. The summed E-state index contributed by atoms with van der Waals surface area (Å²) in [4.78, 5) is 13.4.